The maximum absolute atomic E-state index is 6.03. The van der Waals surface area contributed by atoms with Crippen LogP contribution in [0.5, 0.6) is 0 Å². The minimum absolute atomic E-state index is 0. The summed E-state index contributed by atoms with van der Waals surface area (Å²) in [5.74, 6) is 2.91. The molecule has 0 aliphatic carbocycles. The summed E-state index contributed by atoms with van der Waals surface area (Å²) in [5, 5.41) is 8.69. The van der Waals surface area contributed by atoms with Crippen molar-refractivity contribution in [3.63, 3.8) is 0 Å². The zero-order valence-corrected chi connectivity index (χ0v) is 15.9. The third-order valence-electron chi connectivity index (χ3n) is 4.35. The molecule has 2 N–H and O–H groups in total. The number of halogens is 1. The van der Waals surface area contributed by atoms with Gasteiger partial charge in [0.25, 0.3) is 0 Å². The molecule has 3 rings (SSSR count). The number of aromatic nitrogens is 3. The molecular formula is C15H27IN6O. The largest absolute Gasteiger partial charge is 0.378 e. The zero-order chi connectivity index (χ0) is 15.2. The molecule has 1 aromatic rings. The van der Waals surface area contributed by atoms with Crippen molar-refractivity contribution in [1.29, 1.82) is 0 Å². The van der Waals surface area contributed by atoms with Crippen LogP contribution in [0.4, 0.5) is 0 Å². The first-order chi connectivity index (χ1) is 10.8. The van der Waals surface area contributed by atoms with E-state index in [1.807, 2.05) is 0 Å². The quantitative estimate of drug-likeness (QED) is 0.334. The molecular weight excluding hydrogens is 407 g/mol. The molecule has 2 aliphatic rings. The Morgan fingerprint density at radius 2 is 1.96 bits per heavy atom. The lowest BCUT2D eigenvalue weighted by Crippen LogP contribution is -2.44. The van der Waals surface area contributed by atoms with Crippen LogP contribution in [-0.4, -0.2) is 58.5 Å². The fourth-order valence-corrected chi connectivity index (χ4v) is 3.05. The van der Waals surface area contributed by atoms with Gasteiger partial charge in [-0.3, -0.25) is 4.99 Å². The average molecular weight is 434 g/mol. The van der Waals surface area contributed by atoms with Crippen LogP contribution in [0.15, 0.2) is 4.99 Å². The van der Waals surface area contributed by atoms with Crippen LogP contribution in [0.3, 0.4) is 0 Å². The van der Waals surface area contributed by atoms with E-state index >= 15 is 0 Å². The Morgan fingerprint density at radius 3 is 2.78 bits per heavy atom. The lowest BCUT2D eigenvalue weighted by atomic mass is 10.2. The van der Waals surface area contributed by atoms with E-state index in [-0.39, 0.29) is 24.0 Å². The van der Waals surface area contributed by atoms with E-state index in [0.717, 1.165) is 70.3 Å². The van der Waals surface area contributed by atoms with Crippen LogP contribution < -0.4 is 5.73 Å². The number of aliphatic imine (C=N–C) groups is 1. The summed E-state index contributed by atoms with van der Waals surface area (Å²) in [6, 6.07) is 0. The van der Waals surface area contributed by atoms with Gasteiger partial charge in [-0.1, -0.05) is 6.42 Å². The van der Waals surface area contributed by atoms with Gasteiger partial charge in [0.15, 0.2) is 5.96 Å². The molecule has 8 heteroatoms. The van der Waals surface area contributed by atoms with Crippen LogP contribution >= 0.6 is 24.0 Å². The van der Waals surface area contributed by atoms with Crippen LogP contribution in [0, 0.1) is 0 Å². The van der Waals surface area contributed by atoms with Crippen molar-refractivity contribution in [2.45, 2.75) is 45.1 Å². The van der Waals surface area contributed by atoms with Crippen LogP contribution in [0.2, 0.25) is 0 Å². The van der Waals surface area contributed by atoms with Gasteiger partial charge in [-0.2, -0.15) is 0 Å². The summed E-state index contributed by atoms with van der Waals surface area (Å²) in [4.78, 5) is 6.58. The first-order valence-electron chi connectivity index (χ1n) is 8.38. The molecule has 1 saturated heterocycles. The molecule has 1 fully saturated rings. The van der Waals surface area contributed by atoms with Crippen LogP contribution in [-0.2, 0) is 24.1 Å². The summed E-state index contributed by atoms with van der Waals surface area (Å²) in [6.07, 6.45) is 6.72. The van der Waals surface area contributed by atoms with Crippen molar-refractivity contribution in [3.05, 3.63) is 11.6 Å². The molecule has 2 aliphatic heterocycles. The lowest BCUT2D eigenvalue weighted by Gasteiger charge is -2.27. The SMILES string of the molecule is I.NC(=NCCCc1nnc2n1CCCCC2)N1CCOCC1. The minimum atomic E-state index is 0. The van der Waals surface area contributed by atoms with Gasteiger partial charge < -0.3 is 19.9 Å². The summed E-state index contributed by atoms with van der Waals surface area (Å²) in [7, 11) is 0. The number of hydrogen-bond donors (Lipinski definition) is 1. The number of nitrogens with two attached hydrogens (primary N) is 1. The zero-order valence-electron chi connectivity index (χ0n) is 13.6. The van der Waals surface area contributed by atoms with E-state index in [0.29, 0.717) is 5.96 Å². The van der Waals surface area contributed by atoms with Gasteiger partial charge in [0.2, 0.25) is 0 Å². The highest BCUT2D eigenvalue weighted by atomic mass is 127. The number of rotatable bonds is 4. The van der Waals surface area contributed by atoms with Crippen molar-refractivity contribution < 1.29 is 4.74 Å². The Balaban J connectivity index is 0.00000192. The molecule has 130 valence electrons. The molecule has 1 aromatic heterocycles. The number of fused-ring (bicyclic) bond motifs is 1. The molecule has 0 aromatic carbocycles. The Labute approximate surface area is 154 Å². The predicted octanol–water partition coefficient (Wildman–Crippen LogP) is 1.20. The van der Waals surface area contributed by atoms with Crippen LogP contribution in [0.25, 0.3) is 0 Å². The summed E-state index contributed by atoms with van der Waals surface area (Å²) < 4.78 is 7.62. The predicted molar refractivity (Wildman–Crippen MR) is 100 cm³/mol. The average Bonchev–Trinajstić information content (AvgIpc) is 2.79. The Morgan fingerprint density at radius 1 is 1.13 bits per heavy atom. The molecule has 23 heavy (non-hydrogen) atoms. The standard InChI is InChI=1S/C15H26N6O.HI/c16-15(20-9-11-22-12-10-20)17-7-4-6-14-19-18-13-5-2-1-3-8-21(13)14;/h1-12H2,(H2,16,17);1H. The van der Waals surface area contributed by atoms with Gasteiger partial charge in [0, 0.05) is 39.0 Å². The minimum Gasteiger partial charge on any atom is -0.378 e. The normalized spacial score (nSPS) is 19.0. The highest BCUT2D eigenvalue weighted by Gasteiger charge is 2.14. The van der Waals surface area contributed by atoms with Crippen molar-refractivity contribution in [3.8, 4) is 0 Å². The van der Waals surface area contributed by atoms with E-state index in [9.17, 15) is 0 Å². The summed E-state index contributed by atoms with van der Waals surface area (Å²) in [6.45, 7) is 4.96. The van der Waals surface area contributed by atoms with Gasteiger partial charge in [-0.05, 0) is 19.3 Å². The Kier molecular flexibility index (Phi) is 7.54. The van der Waals surface area contributed by atoms with E-state index in [1.54, 1.807) is 0 Å². The Bertz CT molecular complexity index is 512. The molecule has 0 unspecified atom stereocenters. The highest BCUT2D eigenvalue weighted by Crippen LogP contribution is 2.15. The fourth-order valence-electron chi connectivity index (χ4n) is 3.05. The number of ether oxygens (including phenoxy) is 1. The fraction of sp³-hybridized carbons (Fsp3) is 0.800. The van der Waals surface area contributed by atoms with Crippen molar-refractivity contribution in [2.24, 2.45) is 10.7 Å². The van der Waals surface area contributed by atoms with E-state index in [2.05, 4.69) is 24.7 Å². The number of aryl methyl sites for hydroxylation is 2. The molecule has 0 bridgehead atoms. The first-order valence-corrected chi connectivity index (χ1v) is 8.38. The summed E-state index contributed by atoms with van der Waals surface area (Å²) in [5.41, 5.74) is 6.03. The van der Waals surface area contributed by atoms with Crippen molar-refractivity contribution >= 4 is 29.9 Å². The van der Waals surface area contributed by atoms with Gasteiger partial charge in [0.05, 0.1) is 13.2 Å². The number of nitrogens with zero attached hydrogens (tertiary/aromatic N) is 5. The molecule has 3 heterocycles. The maximum Gasteiger partial charge on any atom is 0.191 e. The van der Waals surface area contributed by atoms with Gasteiger partial charge in [-0.15, -0.1) is 34.2 Å². The smallest absolute Gasteiger partial charge is 0.191 e. The van der Waals surface area contributed by atoms with Gasteiger partial charge in [-0.25, -0.2) is 0 Å². The highest BCUT2D eigenvalue weighted by molar-refractivity contribution is 14.0. The van der Waals surface area contributed by atoms with E-state index in [4.69, 9.17) is 10.5 Å². The second kappa shape index (κ2) is 9.41. The third-order valence-corrected chi connectivity index (χ3v) is 4.35. The number of morpholine rings is 1. The van der Waals surface area contributed by atoms with E-state index < -0.39 is 0 Å². The third kappa shape index (κ3) is 5.03. The maximum atomic E-state index is 6.03. The second-order valence-electron chi connectivity index (χ2n) is 5.94. The number of guanidine groups is 1. The van der Waals surface area contributed by atoms with Gasteiger partial charge in [0.1, 0.15) is 11.6 Å². The monoisotopic (exact) mass is 434 g/mol. The van der Waals surface area contributed by atoms with Crippen LogP contribution in [0.1, 0.15) is 37.3 Å². The molecule has 0 atom stereocenters. The summed E-state index contributed by atoms with van der Waals surface area (Å²) >= 11 is 0. The van der Waals surface area contributed by atoms with Gasteiger partial charge >= 0.3 is 0 Å². The first kappa shape index (κ1) is 18.4. The number of hydrogen-bond acceptors (Lipinski definition) is 4. The molecule has 0 radical (unpaired) electrons. The van der Waals surface area contributed by atoms with Crippen molar-refractivity contribution in [1.82, 2.24) is 19.7 Å². The topological polar surface area (TPSA) is 81.6 Å². The molecule has 0 amide bonds. The lowest BCUT2D eigenvalue weighted by molar-refractivity contribution is 0.0674. The molecule has 0 saturated carbocycles. The molecule has 7 nitrogen and oxygen atoms in total. The second-order valence-corrected chi connectivity index (χ2v) is 5.94. The van der Waals surface area contributed by atoms with Crippen molar-refractivity contribution in [2.75, 3.05) is 32.8 Å². The Hall–Kier alpha value is -0.900. The van der Waals surface area contributed by atoms with E-state index in [1.165, 1.54) is 19.3 Å². The molecule has 0 spiro atoms.